The molecule has 2 N–H and O–H groups in total. The van der Waals surface area contributed by atoms with Crippen molar-refractivity contribution in [3.8, 4) is 0 Å². The molecule has 0 saturated heterocycles. The lowest BCUT2D eigenvalue weighted by molar-refractivity contribution is 0.137. The van der Waals surface area contributed by atoms with E-state index in [2.05, 4.69) is 37.6 Å². The molecule has 90 valence electrons. The molecule has 0 bridgehead atoms. The van der Waals surface area contributed by atoms with Crippen molar-refractivity contribution in [2.75, 3.05) is 26.8 Å². The smallest absolute Gasteiger partial charge is 0.191 e. The number of likely N-dealkylation sites (N-methyl/N-ethyl adjacent to an activating group) is 1. The lowest BCUT2D eigenvalue weighted by atomic mass is 10.2. The maximum Gasteiger partial charge on any atom is 0.191 e. The zero-order chi connectivity index (χ0) is 11.8. The van der Waals surface area contributed by atoms with Crippen LogP contribution in [0, 0.1) is 5.92 Å². The van der Waals surface area contributed by atoms with Gasteiger partial charge in [0, 0.05) is 20.2 Å². The molecule has 0 radical (unpaired) electrons. The number of aliphatic imine (C=N–C) groups is 1. The molecule has 0 aromatic rings. The highest BCUT2D eigenvalue weighted by atomic mass is 16.5. The van der Waals surface area contributed by atoms with Crippen LogP contribution in [0.4, 0.5) is 0 Å². The topological polar surface area (TPSA) is 50.8 Å². The molecule has 4 nitrogen and oxygen atoms in total. The quantitative estimate of drug-likeness (QED) is 0.537. The van der Waals surface area contributed by atoms with E-state index in [1.807, 2.05) is 0 Å². The van der Waals surface area contributed by atoms with Crippen LogP contribution in [-0.2, 0) is 4.74 Å². The lowest BCUT2D eigenvalue weighted by Crippen LogP contribution is -2.45. The third-order valence-electron chi connectivity index (χ3n) is 2.19. The molecule has 0 amide bonds. The first-order chi connectivity index (χ1) is 7.02. The van der Waals surface area contributed by atoms with E-state index in [9.17, 15) is 0 Å². The monoisotopic (exact) mass is 215 g/mol. The fraction of sp³-hybridized carbons (Fsp3) is 0.909. The summed E-state index contributed by atoms with van der Waals surface area (Å²) in [6.07, 6.45) is 0. The van der Waals surface area contributed by atoms with Gasteiger partial charge in [-0.1, -0.05) is 13.8 Å². The van der Waals surface area contributed by atoms with E-state index in [1.54, 1.807) is 7.11 Å². The number of rotatable bonds is 6. The zero-order valence-electron chi connectivity index (χ0n) is 10.7. The summed E-state index contributed by atoms with van der Waals surface area (Å²) in [6.45, 7) is 10.7. The Morgan fingerprint density at radius 2 is 2.00 bits per heavy atom. The number of ether oxygens (including phenoxy) is 1. The lowest BCUT2D eigenvalue weighted by Gasteiger charge is -2.28. The Kier molecular flexibility index (Phi) is 7.13. The van der Waals surface area contributed by atoms with E-state index < -0.39 is 0 Å². The van der Waals surface area contributed by atoms with Crippen LogP contribution in [-0.4, -0.2) is 43.7 Å². The van der Waals surface area contributed by atoms with Gasteiger partial charge in [0.15, 0.2) is 5.96 Å². The molecule has 0 spiro atoms. The van der Waals surface area contributed by atoms with Gasteiger partial charge in [-0.25, -0.2) is 0 Å². The van der Waals surface area contributed by atoms with Gasteiger partial charge in [0.25, 0.3) is 0 Å². The van der Waals surface area contributed by atoms with Gasteiger partial charge in [-0.15, -0.1) is 0 Å². The summed E-state index contributed by atoms with van der Waals surface area (Å²) in [6, 6.07) is 0.274. The molecule has 0 aliphatic heterocycles. The molecule has 0 aliphatic carbocycles. The van der Waals surface area contributed by atoms with Crippen LogP contribution >= 0.6 is 0 Å². The predicted octanol–water partition coefficient (Wildman–Crippen LogP) is 1.31. The summed E-state index contributed by atoms with van der Waals surface area (Å²) in [5.74, 6) is 1.16. The Morgan fingerprint density at radius 3 is 2.40 bits per heavy atom. The summed E-state index contributed by atoms with van der Waals surface area (Å²) in [7, 11) is 1.70. The van der Waals surface area contributed by atoms with Crippen molar-refractivity contribution in [1.29, 1.82) is 0 Å². The van der Waals surface area contributed by atoms with E-state index in [4.69, 9.17) is 10.5 Å². The second-order valence-corrected chi connectivity index (χ2v) is 4.18. The molecule has 0 aliphatic rings. The molecule has 0 aromatic heterocycles. The molecule has 4 heteroatoms. The minimum Gasteiger partial charge on any atom is -0.383 e. The molecule has 0 fully saturated rings. The highest BCUT2D eigenvalue weighted by Crippen LogP contribution is 2.00. The van der Waals surface area contributed by atoms with Crippen molar-refractivity contribution < 1.29 is 4.74 Å². The molecule has 0 saturated carbocycles. The van der Waals surface area contributed by atoms with Crippen LogP contribution in [0.25, 0.3) is 0 Å². The SMILES string of the molecule is CCN(C(N)=NCC(C)C)C(C)COC. The molecular weight excluding hydrogens is 190 g/mol. The number of hydrogen-bond acceptors (Lipinski definition) is 2. The van der Waals surface area contributed by atoms with E-state index in [0.717, 1.165) is 13.1 Å². The Hall–Kier alpha value is -0.770. The molecular formula is C11H25N3O. The van der Waals surface area contributed by atoms with E-state index >= 15 is 0 Å². The fourth-order valence-electron chi connectivity index (χ4n) is 1.40. The second kappa shape index (κ2) is 7.51. The molecule has 15 heavy (non-hydrogen) atoms. The van der Waals surface area contributed by atoms with Gasteiger partial charge < -0.3 is 15.4 Å². The zero-order valence-corrected chi connectivity index (χ0v) is 10.7. The van der Waals surface area contributed by atoms with Crippen LogP contribution in [0.3, 0.4) is 0 Å². The maximum absolute atomic E-state index is 5.93. The Morgan fingerprint density at radius 1 is 1.40 bits per heavy atom. The first-order valence-corrected chi connectivity index (χ1v) is 5.58. The number of hydrogen-bond donors (Lipinski definition) is 1. The Bertz CT molecular complexity index is 192. The maximum atomic E-state index is 5.93. The van der Waals surface area contributed by atoms with Crippen molar-refractivity contribution in [2.24, 2.45) is 16.6 Å². The summed E-state index contributed by atoms with van der Waals surface area (Å²) in [4.78, 5) is 6.42. The summed E-state index contributed by atoms with van der Waals surface area (Å²) >= 11 is 0. The van der Waals surface area contributed by atoms with Crippen LogP contribution < -0.4 is 5.73 Å². The highest BCUT2D eigenvalue weighted by Gasteiger charge is 2.13. The normalized spacial score (nSPS) is 14.4. The summed E-state index contributed by atoms with van der Waals surface area (Å²) < 4.78 is 5.11. The predicted molar refractivity (Wildman–Crippen MR) is 65.0 cm³/mol. The van der Waals surface area contributed by atoms with Crippen LogP contribution in [0.2, 0.25) is 0 Å². The van der Waals surface area contributed by atoms with Gasteiger partial charge in [-0.3, -0.25) is 4.99 Å². The third-order valence-corrected chi connectivity index (χ3v) is 2.19. The van der Waals surface area contributed by atoms with E-state index in [0.29, 0.717) is 18.5 Å². The van der Waals surface area contributed by atoms with Gasteiger partial charge in [0.2, 0.25) is 0 Å². The molecule has 1 unspecified atom stereocenters. The highest BCUT2D eigenvalue weighted by molar-refractivity contribution is 5.78. The standard InChI is InChI=1S/C11H25N3O/c1-6-14(10(4)8-15-5)11(12)13-7-9(2)3/h9-10H,6-8H2,1-5H3,(H2,12,13). The van der Waals surface area contributed by atoms with Crippen molar-refractivity contribution in [1.82, 2.24) is 4.90 Å². The van der Waals surface area contributed by atoms with Crippen LogP contribution in [0.1, 0.15) is 27.7 Å². The van der Waals surface area contributed by atoms with Gasteiger partial charge in [-0.05, 0) is 19.8 Å². The van der Waals surface area contributed by atoms with Crippen molar-refractivity contribution in [3.63, 3.8) is 0 Å². The van der Waals surface area contributed by atoms with Gasteiger partial charge in [0.1, 0.15) is 0 Å². The Balaban J connectivity index is 4.31. The summed E-state index contributed by atoms with van der Waals surface area (Å²) in [5.41, 5.74) is 5.93. The molecule has 0 aromatic carbocycles. The van der Waals surface area contributed by atoms with Crippen LogP contribution in [0.15, 0.2) is 4.99 Å². The fourth-order valence-corrected chi connectivity index (χ4v) is 1.40. The first-order valence-electron chi connectivity index (χ1n) is 5.58. The molecule has 0 heterocycles. The first kappa shape index (κ1) is 14.2. The van der Waals surface area contributed by atoms with Crippen molar-refractivity contribution in [3.05, 3.63) is 0 Å². The Labute approximate surface area is 93.5 Å². The van der Waals surface area contributed by atoms with Gasteiger partial charge in [-0.2, -0.15) is 0 Å². The van der Waals surface area contributed by atoms with Crippen molar-refractivity contribution in [2.45, 2.75) is 33.7 Å². The van der Waals surface area contributed by atoms with E-state index in [-0.39, 0.29) is 6.04 Å². The van der Waals surface area contributed by atoms with Crippen molar-refractivity contribution >= 4 is 5.96 Å². The third kappa shape index (κ3) is 5.62. The minimum atomic E-state index is 0.274. The number of guanidine groups is 1. The second-order valence-electron chi connectivity index (χ2n) is 4.18. The largest absolute Gasteiger partial charge is 0.383 e. The molecule has 0 rings (SSSR count). The summed E-state index contributed by atoms with van der Waals surface area (Å²) in [5, 5.41) is 0. The average Bonchev–Trinajstić information content (AvgIpc) is 2.16. The number of methoxy groups -OCH3 is 1. The van der Waals surface area contributed by atoms with Gasteiger partial charge in [0.05, 0.1) is 12.6 Å². The average molecular weight is 215 g/mol. The minimum absolute atomic E-state index is 0.274. The van der Waals surface area contributed by atoms with Crippen LogP contribution in [0.5, 0.6) is 0 Å². The molecule has 1 atom stereocenters. The van der Waals surface area contributed by atoms with Gasteiger partial charge >= 0.3 is 0 Å². The number of nitrogens with zero attached hydrogens (tertiary/aromatic N) is 2. The van der Waals surface area contributed by atoms with E-state index in [1.165, 1.54) is 0 Å². The number of nitrogens with two attached hydrogens (primary N) is 1.